The summed E-state index contributed by atoms with van der Waals surface area (Å²) < 4.78 is 10.5. The summed E-state index contributed by atoms with van der Waals surface area (Å²) in [5.41, 5.74) is 0.517. The van der Waals surface area contributed by atoms with Crippen molar-refractivity contribution < 1.29 is 29.0 Å². The van der Waals surface area contributed by atoms with Gasteiger partial charge in [-0.2, -0.15) is 0 Å². The Balaban J connectivity index is 2.44. The number of ether oxygens (including phenoxy) is 2. The zero-order valence-corrected chi connectivity index (χ0v) is 13.8. The maximum atomic E-state index is 12.7. The number of anilines is 1. The van der Waals surface area contributed by atoms with E-state index < -0.39 is 17.9 Å². The van der Waals surface area contributed by atoms with E-state index in [-0.39, 0.29) is 17.2 Å². The fourth-order valence-electron chi connectivity index (χ4n) is 2.80. The van der Waals surface area contributed by atoms with Gasteiger partial charge in [0.2, 0.25) is 5.91 Å². The average Bonchev–Trinajstić information content (AvgIpc) is 3.02. The molecule has 0 radical (unpaired) electrons. The summed E-state index contributed by atoms with van der Waals surface area (Å²) in [5, 5.41) is 11.8. The van der Waals surface area contributed by atoms with E-state index >= 15 is 0 Å². The molecule has 130 valence electrons. The number of aliphatic carboxylic acids is 1. The van der Waals surface area contributed by atoms with Crippen LogP contribution in [0.4, 0.5) is 5.69 Å². The van der Waals surface area contributed by atoms with Gasteiger partial charge in [-0.15, -0.1) is 0 Å². The van der Waals surface area contributed by atoms with Gasteiger partial charge in [0.05, 0.1) is 19.9 Å². The van der Waals surface area contributed by atoms with Gasteiger partial charge >= 0.3 is 5.97 Å². The molecule has 0 saturated carbocycles. The monoisotopic (exact) mass is 336 g/mol. The molecular formula is C16H20N2O6. The summed E-state index contributed by atoms with van der Waals surface area (Å²) in [7, 11) is 2.84. The first kappa shape index (κ1) is 17.6. The van der Waals surface area contributed by atoms with Gasteiger partial charge in [0.15, 0.2) is 11.5 Å². The lowest BCUT2D eigenvalue weighted by molar-refractivity contribution is -0.141. The minimum atomic E-state index is -1.02. The SMILES string of the molecule is COc1cc(C(=O)N2CCC[C@H]2C(=O)O)cc(NC(C)=O)c1OC. The maximum absolute atomic E-state index is 12.7. The number of amides is 2. The van der Waals surface area contributed by atoms with Crippen LogP contribution in [0.5, 0.6) is 11.5 Å². The first-order valence-corrected chi connectivity index (χ1v) is 7.46. The molecule has 1 aromatic rings. The van der Waals surface area contributed by atoms with Crippen molar-refractivity contribution in [1.29, 1.82) is 0 Å². The number of carboxylic acids is 1. The highest BCUT2D eigenvalue weighted by Gasteiger charge is 2.35. The Morgan fingerprint density at radius 2 is 1.96 bits per heavy atom. The molecule has 1 aliphatic rings. The fourth-order valence-corrected chi connectivity index (χ4v) is 2.80. The summed E-state index contributed by atoms with van der Waals surface area (Å²) in [6.07, 6.45) is 1.06. The molecule has 1 fully saturated rings. The molecule has 24 heavy (non-hydrogen) atoms. The highest BCUT2D eigenvalue weighted by Crippen LogP contribution is 2.37. The highest BCUT2D eigenvalue weighted by atomic mass is 16.5. The molecule has 2 N–H and O–H groups in total. The van der Waals surface area contributed by atoms with Crippen LogP contribution in [-0.4, -0.2) is 54.6 Å². The van der Waals surface area contributed by atoms with Crippen molar-refractivity contribution in [2.45, 2.75) is 25.8 Å². The number of benzene rings is 1. The van der Waals surface area contributed by atoms with Crippen molar-refractivity contribution >= 4 is 23.5 Å². The third-order valence-corrected chi connectivity index (χ3v) is 3.84. The number of nitrogens with zero attached hydrogens (tertiary/aromatic N) is 1. The molecule has 2 rings (SSSR count). The van der Waals surface area contributed by atoms with Gasteiger partial charge in [-0.25, -0.2) is 4.79 Å². The Morgan fingerprint density at radius 3 is 2.50 bits per heavy atom. The maximum Gasteiger partial charge on any atom is 0.326 e. The van der Waals surface area contributed by atoms with Crippen molar-refractivity contribution in [2.24, 2.45) is 0 Å². The van der Waals surface area contributed by atoms with Crippen LogP contribution >= 0.6 is 0 Å². The molecule has 1 atom stereocenters. The third kappa shape index (κ3) is 3.42. The van der Waals surface area contributed by atoms with E-state index in [1.165, 1.54) is 38.2 Å². The van der Waals surface area contributed by atoms with Crippen molar-refractivity contribution in [1.82, 2.24) is 4.90 Å². The van der Waals surface area contributed by atoms with Crippen LogP contribution in [-0.2, 0) is 9.59 Å². The van der Waals surface area contributed by atoms with E-state index in [2.05, 4.69) is 5.32 Å². The number of hydrogen-bond donors (Lipinski definition) is 2. The summed E-state index contributed by atoms with van der Waals surface area (Å²) >= 11 is 0. The molecule has 1 aromatic carbocycles. The van der Waals surface area contributed by atoms with Gasteiger partial charge in [0.25, 0.3) is 5.91 Å². The number of carbonyl (C=O) groups is 3. The van der Waals surface area contributed by atoms with Crippen LogP contribution in [0.1, 0.15) is 30.1 Å². The van der Waals surface area contributed by atoms with Gasteiger partial charge in [-0.05, 0) is 25.0 Å². The summed E-state index contributed by atoms with van der Waals surface area (Å²) in [6.45, 7) is 1.71. The standard InChI is InChI=1S/C16H20N2O6/c1-9(19)17-11-7-10(8-13(23-2)14(11)24-3)15(20)18-6-4-5-12(18)16(21)22/h7-8,12H,4-6H2,1-3H3,(H,17,19)(H,21,22)/t12-/m0/s1. The molecule has 1 aliphatic heterocycles. The summed E-state index contributed by atoms with van der Waals surface area (Å²) in [6, 6.07) is 2.10. The Bertz CT molecular complexity index is 673. The lowest BCUT2D eigenvalue weighted by Gasteiger charge is -2.22. The first-order valence-electron chi connectivity index (χ1n) is 7.46. The van der Waals surface area contributed by atoms with Crippen LogP contribution in [0.15, 0.2) is 12.1 Å². The molecule has 8 nitrogen and oxygen atoms in total. The van der Waals surface area contributed by atoms with Crippen LogP contribution in [0, 0.1) is 0 Å². The van der Waals surface area contributed by atoms with Gasteiger partial charge in [-0.1, -0.05) is 0 Å². The van der Waals surface area contributed by atoms with Crippen molar-refractivity contribution in [2.75, 3.05) is 26.1 Å². The Labute approximate surface area is 139 Å². The predicted octanol–water partition coefficient (Wildman–Crippen LogP) is 1.35. The van der Waals surface area contributed by atoms with Crippen LogP contribution in [0.25, 0.3) is 0 Å². The first-order chi connectivity index (χ1) is 11.4. The van der Waals surface area contributed by atoms with Crippen LogP contribution in [0.2, 0.25) is 0 Å². The number of rotatable bonds is 5. The zero-order chi connectivity index (χ0) is 17.9. The minimum absolute atomic E-state index is 0.226. The lowest BCUT2D eigenvalue weighted by Crippen LogP contribution is -2.40. The third-order valence-electron chi connectivity index (χ3n) is 3.84. The van der Waals surface area contributed by atoms with Gasteiger partial charge in [-0.3, -0.25) is 9.59 Å². The van der Waals surface area contributed by atoms with E-state index in [4.69, 9.17) is 9.47 Å². The molecule has 0 bridgehead atoms. The molecular weight excluding hydrogens is 316 g/mol. The smallest absolute Gasteiger partial charge is 0.326 e. The number of nitrogens with one attached hydrogen (secondary N) is 1. The molecule has 2 amide bonds. The highest BCUT2D eigenvalue weighted by molar-refractivity contribution is 6.00. The van der Waals surface area contributed by atoms with E-state index in [1.807, 2.05) is 0 Å². The van der Waals surface area contributed by atoms with Crippen molar-refractivity contribution in [3.63, 3.8) is 0 Å². The van der Waals surface area contributed by atoms with E-state index in [0.29, 0.717) is 30.8 Å². The second-order valence-electron chi connectivity index (χ2n) is 5.44. The van der Waals surface area contributed by atoms with Crippen molar-refractivity contribution in [3.8, 4) is 11.5 Å². The largest absolute Gasteiger partial charge is 0.493 e. The molecule has 0 aliphatic carbocycles. The number of likely N-dealkylation sites (tertiary alicyclic amines) is 1. The molecule has 0 spiro atoms. The second-order valence-corrected chi connectivity index (χ2v) is 5.44. The molecule has 1 heterocycles. The summed E-state index contributed by atoms with van der Waals surface area (Å²) in [4.78, 5) is 36.7. The Hall–Kier alpha value is -2.77. The van der Waals surface area contributed by atoms with Crippen LogP contribution in [0.3, 0.4) is 0 Å². The van der Waals surface area contributed by atoms with Gasteiger partial charge in [0.1, 0.15) is 6.04 Å². The second kappa shape index (κ2) is 7.20. The van der Waals surface area contributed by atoms with E-state index in [0.717, 1.165) is 0 Å². The Morgan fingerprint density at radius 1 is 1.25 bits per heavy atom. The summed E-state index contributed by atoms with van der Waals surface area (Å²) in [5.74, 6) is -1.21. The van der Waals surface area contributed by atoms with Gasteiger partial charge in [0, 0.05) is 19.0 Å². The normalized spacial score (nSPS) is 16.6. The topological polar surface area (TPSA) is 105 Å². The number of hydrogen-bond acceptors (Lipinski definition) is 5. The lowest BCUT2D eigenvalue weighted by atomic mass is 10.1. The number of methoxy groups -OCH3 is 2. The molecule has 1 saturated heterocycles. The molecule has 0 aromatic heterocycles. The average molecular weight is 336 g/mol. The van der Waals surface area contributed by atoms with E-state index in [9.17, 15) is 19.5 Å². The fraction of sp³-hybridized carbons (Fsp3) is 0.438. The molecule has 0 unspecified atom stereocenters. The van der Waals surface area contributed by atoms with E-state index in [1.54, 1.807) is 0 Å². The van der Waals surface area contributed by atoms with Crippen molar-refractivity contribution in [3.05, 3.63) is 17.7 Å². The quantitative estimate of drug-likeness (QED) is 0.841. The predicted molar refractivity (Wildman–Crippen MR) is 85.5 cm³/mol. The molecule has 8 heteroatoms. The minimum Gasteiger partial charge on any atom is -0.493 e. The number of carbonyl (C=O) groups excluding carboxylic acids is 2. The van der Waals surface area contributed by atoms with Gasteiger partial charge < -0.3 is 24.8 Å². The Kier molecular flexibility index (Phi) is 5.28. The number of carboxylic acid groups (broad SMARTS) is 1. The van der Waals surface area contributed by atoms with Crippen LogP contribution < -0.4 is 14.8 Å². The zero-order valence-electron chi connectivity index (χ0n) is 13.8.